The highest BCUT2D eigenvalue weighted by atomic mass is 32.2. The number of rotatable bonds is 5. The van der Waals surface area contributed by atoms with Crippen molar-refractivity contribution in [2.45, 2.75) is 32.2 Å². The number of nitrogens with zero attached hydrogens (tertiary/aromatic N) is 4. The molecule has 3 rings (SSSR count). The molecule has 1 aromatic heterocycles. The predicted molar refractivity (Wildman–Crippen MR) is 92.4 cm³/mol. The minimum atomic E-state index is -3.09. The lowest BCUT2D eigenvalue weighted by atomic mass is 9.77. The maximum atomic E-state index is 12.1. The van der Waals surface area contributed by atoms with Crippen LogP contribution in [0.25, 0.3) is 0 Å². The van der Waals surface area contributed by atoms with Gasteiger partial charge >= 0.3 is 0 Å². The number of ether oxygens (including phenoxy) is 1. The third-order valence-corrected chi connectivity index (χ3v) is 7.21. The van der Waals surface area contributed by atoms with E-state index in [1.165, 1.54) is 0 Å². The second-order valence-electron chi connectivity index (χ2n) is 6.79. The van der Waals surface area contributed by atoms with Gasteiger partial charge in [0.1, 0.15) is 0 Å². The fourth-order valence-corrected chi connectivity index (χ4v) is 5.07. The summed E-state index contributed by atoms with van der Waals surface area (Å²) in [5, 5.41) is 0. The van der Waals surface area contributed by atoms with Gasteiger partial charge in [-0.3, -0.25) is 0 Å². The van der Waals surface area contributed by atoms with Gasteiger partial charge in [-0.2, -0.15) is 0 Å². The predicted octanol–water partition coefficient (Wildman–Crippen LogP) is 1.13. The van der Waals surface area contributed by atoms with Crippen LogP contribution in [0.2, 0.25) is 0 Å². The molecule has 3 heterocycles. The van der Waals surface area contributed by atoms with Crippen LogP contribution in [0.1, 0.15) is 26.2 Å². The second-order valence-corrected chi connectivity index (χ2v) is 9.05. The molecule has 24 heavy (non-hydrogen) atoms. The Morgan fingerprint density at radius 2 is 1.96 bits per heavy atom. The molecule has 0 unspecified atom stereocenters. The molecular weight excluding hydrogens is 328 g/mol. The Bertz CT molecular complexity index is 645. The van der Waals surface area contributed by atoms with Gasteiger partial charge in [0, 0.05) is 39.1 Å². The first kappa shape index (κ1) is 17.6. The molecule has 134 valence electrons. The fraction of sp³-hybridized carbons (Fsp3) is 0.750. The number of methoxy groups -OCH3 is 1. The Hall–Kier alpha value is -1.25. The van der Waals surface area contributed by atoms with Crippen molar-refractivity contribution in [1.82, 2.24) is 14.3 Å². The Balaban J connectivity index is 1.74. The van der Waals surface area contributed by atoms with E-state index in [9.17, 15) is 8.42 Å². The van der Waals surface area contributed by atoms with Crippen LogP contribution in [0.5, 0.6) is 0 Å². The molecule has 8 heteroatoms. The average molecular weight is 354 g/mol. The van der Waals surface area contributed by atoms with Crippen LogP contribution in [0.4, 0.5) is 5.95 Å². The first-order valence-corrected chi connectivity index (χ1v) is 10.1. The zero-order valence-electron chi connectivity index (χ0n) is 14.4. The van der Waals surface area contributed by atoms with Gasteiger partial charge in [-0.05, 0) is 37.7 Å². The van der Waals surface area contributed by atoms with Crippen molar-refractivity contribution in [2.24, 2.45) is 5.41 Å². The van der Waals surface area contributed by atoms with Gasteiger partial charge in [-0.1, -0.05) is 0 Å². The highest BCUT2D eigenvalue weighted by Crippen LogP contribution is 2.44. The maximum Gasteiger partial charge on any atom is 0.225 e. The number of aromatic nitrogens is 2. The van der Waals surface area contributed by atoms with E-state index >= 15 is 0 Å². The largest absolute Gasteiger partial charge is 0.383 e. The monoisotopic (exact) mass is 354 g/mol. The van der Waals surface area contributed by atoms with Gasteiger partial charge in [-0.15, -0.1) is 0 Å². The van der Waals surface area contributed by atoms with E-state index in [-0.39, 0.29) is 17.2 Å². The highest BCUT2D eigenvalue weighted by molar-refractivity contribution is 7.89. The highest BCUT2D eigenvalue weighted by Gasteiger charge is 2.47. The van der Waals surface area contributed by atoms with Crippen LogP contribution in [0, 0.1) is 5.41 Å². The van der Waals surface area contributed by atoms with Crippen molar-refractivity contribution in [3.8, 4) is 0 Å². The molecule has 2 saturated heterocycles. The molecule has 7 nitrogen and oxygen atoms in total. The molecule has 1 spiro atoms. The van der Waals surface area contributed by atoms with Crippen molar-refractivity contribution in [3.05, 3.63) is 18.5 Å². The summed E-state index contributed by atoms with van der Waals surface area (Å²) in [6.07, 6.45) is 6.28. The molecule has 0 bridgehead atoms. The number of hydrogen-bond donors (Lipinski definition) is 0. The molecule has 0 N–H and O–H groups in total. The molecule has 2 fully saturated rings. The normalized spacial score (nSPS) is 24.6. The van der Waals surface area contributed by atoms with Gasteiger partial charge in [0.25, 0.3) is 0 Å². The molecule has 1 atom stereocenters. The van der Waals surface area contributed by atoms with E-state index in [2.05, 4.69) is 14.9 Å². The molecule has 0 aliphatic carbocycles. The van der Waals surface area contributed by atoms with Crippen LogP contribution in [0.15, 0.2) is 18.5 Å². The van der Waals surface area contributed by atoms with E-state index in [1.807, 2.05) is 6.07 Å². The summed E-state index contributed by atoms with van der Waals surface area (Å²) < 4.78 is 31.2. The summed E-state index contributed by atoms with van der Waals surface area (Å²) in [6.45, 7) is 4.43. The molecule has 0 radical (unpaired) electrons. The van der Waals surface area contributed by atoms with Crippen LogP contribution in [-0.2, 0) is 14.8 Å². The summed E-state index contributed by atoms with van der Waals surface area (Å²) >= 11 is 0. The smallest absolute Gasteiger partial charge is 0.225 e. The lowest BCUT2D eigenvalue weighted by molar-refractivity contribution is 0.148. The Morgan fingerprint density at radius 1 is 1.29 bits per heavy atom. The zero-order chi connectivity index (χ0) is 17.2. The molecule has 0 saturated carbocycles. The number of anilines is 1. The van der Waals surface area contributed by atoms with Gasteiger partial charge in [0.2, 0.25) is 16.0 Å². The summed E-state index contributed by atoms with van der Waals surface area (Å²) in [6, 6.07) is 2.06. The molecule has 1 aromatic rings. The third-order valence-electron chi connectivity index (χ3n) is 5.32. The minimum absolute atomic E-state index is 0.127. The maximum absolute atomic E-state index is 12.1. The molecule has 0 amide bonds. The van der Waals surface area contributed by atoms with Crippen LogP contribution >= 0.6 is 0 Å². The Kier molecular flexibility index (Phi) is 5.08. The number of piperidine rings is 1. The lowest BCUT2D eigenvalue weighted by Gasteiger charge is -2.38. The average Bonchev–Trinajstić information content (AvgIpc) is 2.94. The van der Waals surface area contributed by atoms with Crippen molar-refractivity contribution in [1.29, 1.82) is 0 Å². The topological polar surface area (TPSA) is 75.6 Å². The van der Waals surface area contributed by atoms with Crippen LogP contribution < -0.4 is 4.90 Å². The third kappa shape index (κ3) is 3.41. The van der Waals surface area contributed by atoms with E-state index in [0.29, 0.717) is 19.7 Å². The first-order valence-electron chi connectivity index (χ1n) is 8.50. The molecule has 0 aromatic carbocycles. The quantitative estimate of drug-likeness (QED) is 0.789. The fourth-order valence-electron chi connectivity index (χ4n) is 3.96. The van der Waals surface area contributed by atoms with Crippen LogP contribution in [-0.4, -0.2) is 67.8 Å². The Morgan fingerprint density at radius 3 is 2.54 bits per heavy atom. The Labute approximate surface area is 144 Å². The first-order chi connectivity index (χ1) is 11.5. The molecule has 2 aliphatic heterocycles. The number of hydrogen-bond acceptors (Lipinski definition) is 6. The van der Waals surface area contributed by atoms with Gasteiger partial charge in [-0.25, -0.2) is 22.7 Å². The minimum Gasteiger partial charge on any atom is -0.383 e. The summed E-state index contributed by atoms with van der Waals surface area (Å²) in [5.74, 6) is 0.913. The molecular formula is C16H26N4O3S. The van der Waals surface area contributed by atoms with Gasteiger partial charge < -0.3 is 9.64 Å². The SMILES string of the molecule is CCS(=O)(=O)N1CCC2(CC1)C[C@H](COC)N(c1ncccn1)C2. The molecule has 2 aliphatic rings. The summed E-state index contributed by atoms with van der Waals surface area (Å²) in [4.78, 5) is 11.0. The van der Waals surface area contributed by atoms with E-state index in [0.717, 1.165) is 31.8 Å². The van der Waals surface area contributed by atoms with Crippen molar-refractivity contribution in [2.75, 3.05) is 44.0 Å². The second kappa shape index (κ2) is 6.93. The van der Waals surface area contributed by atoms with Crippen molar-refractivity contribution < 1.29 is 13.2 Å². The van der Waals surface area contributed by atoms with E-state index < -0.39 is 10.0 Å². The van der Waals surface area contributed by atoms with Gasteiger partial charge in [0.15, 0.2) is 0 Å². The van der Waals surface area contributed by atoms with Crippen molar-refractivity contribution in [3.63, 3.8) is 0 Å². The van der Waals surface area contributed by atoms with E-state index in [4.69, 9.17) is 4.74 Å². The summed E-state index contributed by atoms with van der Waals surface area (Å²) in [5.41, 5.74) is 0.127. The number of sulfonamides is 1. The van der Waals surface area contributed by atoms with Gasteiger partial charge in [0.05, 0.1) is 18.4 Å². The van der Waals surface area contributed by atoms with Crippen molar-refractivity contribution >= 4 is 16.0 Å². The zero-order valence-corrected chi connectivity index (χ0v) is 15.2. The van der Waals surface area contributed by atoms with Crippen LogP contribution in [0.3, 0.4) is 0 Å². The summed E-state index contributed by atoms with van der Waals surface area (Å²) in [7, 11) is -1.37. The standard InChI is InChI=1S/C16H26N4O3S/c1-3-24(21,22)19-9-5-16(6-10-19)11-14(12-23-2)20(13-16)15-17-7-4-8-18-15/h4,7-8,14H,3,5-6,9-13H2,1-2H3/t14-/m1/s1. The lowest BCUT2D eigenvalue weighted by Crippen LogP contribution is -2.44. The van der Waals surface area contributed by atoms with E-state index in [1.54, 1.807) is 30.7 Å².